The zero-order valence-electron chi connectivity index (χ0n) is 15.7. The quantitative estimate of drug-likeness (QED) is 0.417. The van der Waals surface area contributed by atoms with Crippen LogP contribution in [-0.2, 0) is 9.59 Å². The van der Waals surface area contributed by atoms with Crippen LogP contribution in [0, 0.1) is 0 Å². The molecule has 1 saturated carbocycles. The first-order valence-electron chi connectivity index (χ1n) is 9.35. The van der Waals surface area contributed by atoms with E-state index in [1.807, 2.05) is 0 Å². The maximum Gasteiger partial charge on any atom is 0.325 e. The number of benzene rings is 1. The van der Waals surface area contributed by atoms with E-state index in [2.05, 4.69) is 16.0 Å². The van der Waals surface area contributed by atoms with E-state index in [0.717, 1.165) is 17.7 Å². The van der Waals surface area contributed by atoms with E-state index in [1.54, 1.807) is 0 Å². The van der Waals surface area contributed by atoms with Gasteiger partial charge in [-0.1, -0.05) is 12.8 Å². The zero-order chi connectivity index (χ0) is 20.3. The number of hydrogen-bond acceptors (Lipinski definition) is 5. The van der Waals surface area contributed by atoms with Crippen molar-refractivity contribution in [1.82, 2.24) is 20.9 Å². The highest BCUT2D eigenvalue weighted by atomic mass is 16.3. The summed E-state index contributed by atoms with van der Waals surface area (Å²) in [5, 5.41) is 17.2. The lowest BCUT2D eigenvalue weighted by molar-refractivity contribution is -0.137. The molecule has 9 heteroatoms. The molecule has 1 spiro atoms. The van der Waals surface area contributed by atoms with Crippen molar-refractivity contribution in [2.45, 2.75) is 44.2 Å². The average molecular weight is 388 g/mol. The van der Waals surface area contributed by atoms with Crippen molar-refractivity contribution < 1.29 is 24.3 Å². The van der Waals surface area contributed by atoms with Gasteiger partial charge in [0.05, 0.1) is 0 Å². The standard InChI is InChI=1S/C19H24N4O5/c1-12(23-17(27)19(22-18(23)28)8-2-3-9-19)15(25)20-10-11-21-16(26)13-4-6-14(24)7-5-13/h4-7,12,24H,2-3,8-11H2,1H3,(H,20,25)(H,21,26)(H,22,28). The molecule has 9 nitrogen and oxygen atoms in total. The van der Waals surface area contributed by atoms with E-state index in [4.69, 9.17) is 0 Å². The molecule has 1 aliphatic carbocycles. The summed E-state index contributed by atoms with van der Waals surface area (Å²) < 4.78 is 0. The van der Waals surface area contributed by atoms with Crippen LogP contribution in [0.5, 0.6) is 5.75 Å². The van der Waals surface area contributed by atoms with Crippen molar-refractivity contribution in [3.05, 3.63) is 29.8 Å². The third-order valence-electron chi connectivity index (χ3n) is 5.26. The van der Waals surface area contributed by atoms with Gasteiger partial charge in [0.15, 0.2) is 0 Å². The topological polar surface area (TPSA) is 128 Å². The summed E-state index contributed by atoms with van der Waals surface area (Å²) in [5.74, 6) is -1.06. The van der Waals surface area contributed by atoms with Crippen LogP contribution in [0.1, 0.15) is 43.0 Å². The fourth-order valence-electron chi connectivity index (χ4n) is 3.65. The van der Waals surface area contributed by atoms with Gasteiger partial charge in [-0.15, -0.1) is 0 Å². The summed E-state index contributed by atoms with van der Waals surface area (Å²) in [6, 6.07) is 4.33. The Kier molecular flexibility index (Phi) is 5.53. The summed E-state index contributed by atoms with van der Waals surface area (Å²) in [5.41, 5.74) is -0.456. The minimum Gasteiger partial charge on any atom is -0.508 e. The molecule has 2 fully saturated rings. The van der Waals surface area contributed by atoms with Crippen LogP contribution in [0.25, 0.3) is 0 Å². The Morgan fingerprint density at radius 3 is 2.39 bits per heavy atom. The Morgan fingerprint density at radius 1 is 1.14 bits per heavy atom. The lowest BCUT2D eigenvalue weighted by Gasteiger charge is -2.23. The number of amides is 5. The maximum absolute atomic E-state index is 12.7. The number of aromatic hydroxyl groups is 1. The molecule has 1 aromatic carbocycles. The lowest BCUT2D eigenvalue weighted by atomic mass is 9.97. The highest BCUT2D eigenvalue weighted by Gasteiger charge is 2.54. The first kappa shape index (κ1) is 19.7. The molecule has 5 amide bonds. The number of nitrogens with one attached hydrogen (secondary N) is 3. The van der Waals surface area contributed by atoms with E-state index < -0.39 is 23.5 Å². The van der Waals surface area contributed by atoms with E-state index in [-0.39, 0.29) is 30.7 Å². The molecule has 3 rings (SSSR count). The molecule has 0 radical (unpaired) electrons. The summed E-state index contributed by atoms with van der Waals surface area (Å²) >= 11 is 0. The first-order valence-corrected chi connectivity index (χ1v) is 9.35. The lowest BCUT2D eigenvalue weighted by Crippen LogP contribution is -2.50. The van der Waals surface area contributed by atoms with Gasteiger partial charge in [0.25, 0.3) is 11.8 Å². The summed E-state index contributed by atoms with van der Waals surface area (Å²) in [7, 11) is 0. The minimum atomic E-state index is -0.930. The van der Waals surface area contributed by atoms with Gasteiger partial charge >= 0.3 is 6.03 Å². The highest BCUT2D eigenvalue weighted by Crippen LogP contribution is 2.35. The predicted octanol–water partition coefficient (Wildman–Crippen LogP) is 0.491. The minimum absolute atomic E-state index is 0.0673. The number of urea groups is 1. The smallest absolute Gasteiger partial charge is 0.325 e. The Hall–Kier alpha value is -3.10. The van der Waals surface area contributed by atoms with Crippen LogP contribution >= 0.6 is 0 Å². The second kappa shape index (κ2) is 7.87. The number of carbonyl (C=O) groups is 4. The fourth-order valence-corrected chi connectivity index (χ4v) is 3.65. The van der Waals surface area contributed by atoms with E-state index in [9.17, 15) is 24.3 Å². The summed E-state index contributed by atoms with van der Waals surface area (Å²) in [6.45, 7) is 1.85. The molecule has 1 heterocycles. The highest BCUT2D eigenvalue weighted by molar-refractivity contribution is 6.10. The monoisotopic (exact) mass is 388 g/mol. The van der Waals surface area contributed by atoms with E-state index in [1.165, 1.54) is 31.2 Å². The molecule has 0 aromatic heterocycles. The molecule has 1 saturated heterocycles. The van der Waals surface area contributed by atoms with Crippen molar-refractivity contribution in [3.63, 3.8) is 0 Å². The Morgan fingerprint density at radius 2 is 1.75 bits per heavy atom. The molecular weight excluding hydrogens is 364 g/mol. The van der Waals surface area contributed by atoms with Crippen LogP contribution in [0.4, 0.5) is 4.79 Å². The number of phenolic OH excluding ortho intramolecular Hbond substituents is 1. The second-order valence-corrected chi connectivity index (χ2v) is 7.16. The van der Waals surface area contributed by atoms with Crippen LogP contribution in [0.2, 0.25) is 0 Å². The largest absolute Gasteiger partial charge is 0.508 e. The first-order chi connectivity index (χ1) is 13.3. The van der Waals surface area contributed by atoms with Gasteiger partial charge in [0.1, 0.15) is 17.3 Å². The Balaban J connectivity index is 1.47. The van der Waals surface area contributed by atoms with Gasteiger partial charge in [-0.3, -0.25) is 14.4 Å². The zero-order valence-corrected chi connectivity index (χ0v) is 15.7. The number of nitrogens with zero attached hydrogens (tertiary/aromatic N) is 1. The molecular formula is C19H24N4O5. The Bertz CT molecular complexity index is 786. The van der Waals surface area contributed by atoms with Crippen molar-refractivity contribution >= 4 is 23.8 Å². The van der Waals surface area contributed by atoms with Gasteiger partial charge in [0.2, 0.25) is 5.91 Å². The summed E-state index contributed by atoms with van der Waals surface area (Å²) in [6.07, 6.45) is 2.96. The van der Waals surface area contributed by atoms with Gasteiger partial charge in [-0.25, -0.2) is 9.69 Å². The molecule has 0 bridgehead atoms. The molecule has 1 aromatic rings. The van der Waals surface area contributed by atoms with Crippen molar-refractivity contribution in [3.8, 4) is 5.75 Å². The number of hydrogen-bond donors (Lipinski definition) is 4. The van der Waals surface area contributed by atoms with Crippen LogP contribution < -0.4 is 16.0 Å². The molecule has 2 aliphatic rings. The van der Waals surface area contributed by atoms with E-state index >= 15 is 0 Å². The molecule has 150 valence electrons. The van der Waals surface area contributed by atoms with Crippen LogP contribution in [0.15, 0.2) is 24.3 Å². The average Bonchev–Trinajstić information content (AvgIpc) is 3.23. The van der Waals surface area contributed by atoms with Crippen molar-refractivity contribution in [1.29, 1.82) is 0 Å². The third kappa shape index (κ3) is 3.78. The van der Waals surface area contributed by atoms with Gasteiger partial charge in [0, 0.05) is 18.7 Å². The number of phenols is 1. The van der Waals surface area contributed by atoms with Gasteiger partial charge in [-0.05, 0) is 44.0 Å². The van der Waals surface area contributed by atoms with Crippen molar-refractivity contribution in [2.24, 2.45) is 0 Å². The third-order valence-corrected chi connectivity index (χ3v) is 5.26. The van der Waals surface area contributed by atoms with Crippen LogP contribution in [0.3, 0.4) is 0 Å². The summed E-state index contributed by atoms with van der Waals surface area (Å²) in [4.78, 5) is 50.2. The molecule has 4 N–H and O–H groups in total. The number of imide groups is 1. The number of rotatable bonds is 6. The molecule has 1 unspecified atom stereocenters. The van der Waals surface area contributed by atoms with Gasteiger partial charge in [-0.2, -0.15) is 0 Å². The predicted molar refractivity (Wildman–Crippen MR) is 99.5 cm³/mol. The second-order valence-electron chi connectivity index (χ2n) is 7.16. The molecule has 1 aliphatic heterocycles. The normalized spacial score (nSPS) is 18.8. The number of carbonyl (C=O) groups excluding carboxylic acids is 4. The Labute approximate surface area is 162 Å². The fraction of sp³-hybridized carbons (Fsp3) is 0.474. The van der Waals surface area contributed by atoms with E-state index in [0.29, 0.717) is 18.4 Å². The van der Waals surface area contributed by atoms with Crippen LogP contribution in [-0.4, -0.2) is 58.4 Å². The molecule has 1 atom stereocenters. The SMILES string of the molecule is CC(C(=O)NCCNC(=O)c1ccc(O)cc1)N1C(=O)NC2(CCCC2)C1=O. The molecule has 28 heavy (non-hydrogen) atoms. The van der Waals surface area contributed by atoms with Gasteiger partial charge < -0.3 is 21.1 Å². The maximum atomic E-state index is 12.7. The van der Waals surface area contributed by atoms with Crippen molar-refractivity contribution in [2.75, 3.05) is 13.1 Å².